The number of nitrogens with two attached hydrogens (primary N) is 1. The molecular formula is C20H23FN2O. The molecule has 0 saturated carbocycles. The molecule has 3 rings (SSSR count). The molecule has 1 aliphatic rings. The molecule has 1 heterocycles. The third kappa shape index (κ3) is 2.94. The number of carbonyl (C=O) groups is 1. The molecule has 0 spiro atoms. The van der Waals surface area contributed by atoms with Crippen molar-refractivity contribution < 1.29 is 9.18 Å². The number of hydrogen-bond donors (Lipinski definition) is 1. The molecule has 1 amide bonds. The van der Waals surface area contributed by atoms with Crippen LogP contribution in [0, 0.1) is 12.7 Å². The van der Waals surface area contributed by atoms with Crippen molar-refractivity contribution in [1.29, 1.82) is 0 Å². The van der Waals surface area contributed by atoms with E-state index in [1.807, 2.05) is 23.1 Å². The minimum Gasteiger partial charge on any atom is -0.339 e. The molecule has 1 saturated heterocycles. The van der Waals surface area contributed by atoms with Crippen molar-refractivity contribution in [2.45, 2.75) is 25.2 Å². The molecule has 3 nitrogen and oxygen atoms in total. The number of amides is 1. The number of hydrogen-bond acceptors (Lipinski definition) is 2. The van der Waals surface area contributed by atoms with E-state index in [0.29, 0.717) is 30.8 Å². The Morgan fingerprint density at radius 2 is 1.79 bits per heavy atom. The first-order valence-corrected chi connectivity index (χ1v) is 8.37. The maximum absolute atomic E-state index is 13.7. The summed E-state index contributed by atoms with van der Waals surface area (Å²) in [5.41, 5.74) is 8.13. The second kappa shape index (κ2) is 6.73. The van der Waals surface area contributed by atoms with Gasteiger partial charge in [0.2, 0.25) is 0 Å². The Balaban J connectivity index is 1.77. The van der Waals surface area contributed by atoms with Crippen molar-refractivity contribution in [2.24, 2.45) is 5.73 Å². The summed E-state index contributed by atoms with van der Waals surface area (Å²) in [7, 11) is 0. The zero-order chi connectivity index (χ0) is 17.2. The van der Waals surface area contributed by atoms with Crippen LogP contribution < -0.4 is 5.73 Å². The highest BCUT2D eigenvalue weighted by Gasteiger charge is 2.36. The van der Waals surface area contributed by atoms with E-state index >= 15 is 0 Å². The quantitative estimate of drug-likeness (QED) is 0.941. The van der Waals surface area contributed by atoms with E-state index in [9.17, 15) is 9.18 Å². The predicted molar refractivity (Wildman–Crippen MR) is 93.4 cm³/mol. The van der Waals surface area contributed by atoms with E-state index in [-0.39, 0.29) is 17.1 Å². The number of carbonyl (C=O) groups excluding carboxylic acids is 1. The number of piperidine rings is 1. The molecule has 0 aliphatic carbocycles. The van der Waals surface area contributed by atoms with Crippen LogP contribution in [0.4, 0.5) is 4.39 Å². The van der Waals surface area contributed by atoms with Crippen molar-refractivity contribution in [1.82, 2.24) is 4.90 Å². The van der Waals surface area contributed by atoms with Crippen LogP contribution in [-0.2, 0) is 5.41 Å². The van der Waals surface area contributed by atoms with Gasteiger partial charge in [0.05, 0.1) is 0 Å². The monoisotopic (exact) mass is 326 g/mol. The van der Waals surface area contributed by atoms with Crippen molar-refractivity contribution >= 4 is 5.91 Å². The average molecular weight is 326 g/mol. The summed E-state index contributed by atoms with van der Waals surface area (Å²) in [6.45, 7) is 3.50. The van der Waals surface area contributed by atoms with Gasteiger partial charge in [0.25, 0.3) is 5.91 Å². The number of halogens is 1. The Hall–Kier alpha value is -2.20. The van der Waals surface area contributed by atoms with Gasteiger partial charge >= 0.3 is 0 Å². The molecule has 0 atom stereocenters. The summed E-state index contributed by atoms with van der Waals surface area (Å²) in [6.07, 6.45) is 1.65. The lowest BCUT2D eigenvalue weighted by Gasteiger charge is -2.41. The van der Waals surface area contributed by atoms with Gasteiger partial charge in [0.15, 0.2) is 0 Å². The Kier molecular flexibility index (Phi) is 4.67. The molecule has 1 aliphatic heterocycles. The van der Waals surface area contributed by atoms with Gasteiger partial charge < -0.3 is 10.6 Å². The molecule has 2 N–H and O–H groups in total. The van der Waals surface area contributed by atoms with Crippen LogP contribution in [0.3, 0.4) is 0 Å². The minimum atomic E-state index is -0.335. The second-order valence-electron chi connectivity index (χ2n) is 6.56. The first-order valence-electron chi connectivity index (χ1n) is 8.37. The summed E-state index contributed by atoms with van der Waals surface area (Å²) >= 11 is 0. The number of nitrogens with zero attached hydrogens (tertiary/aromatic N) is 1. The van der Waals surface area contributed by atoms with Crippen molar-refractivity contribution in [3.8, 4) is 0 Å². The van der Waals surface area contributed by atoms with Gasteiger partial charge in [-0.25, -0.2) is 4.39 Å². The van der Waals surface area contributed by atoms with E-state index in [2.05, 4.69) is 12.1 Å². The molecule has 0 unspecified atom stereocenters. The zero-order valence-electron chi connectivity index (χ0n) is 14.0. The van der Waals surface area contributed by atoms with Gasteiger partial charge in [0.1, 0.15) is 5.82 Å². The Morgan fingerprint density at radius 3 is 2.42 bits per heavy atom. The van der Waals surface area contributed by atoms with E-state index in [1.165, 1.54) is 11.6 Å². The highest BCUT2D eigenvalue weighted by molar-refractivity contribution is 5.95. The standard InChI is InChI=1S/C20H23FN2O/c1-15-17(8-5-9-18(15)21)19(24)23-12-10-20(14-22,11-13-23)16-6-3-2-4-7-16/h2-9H,10-14,22H2,1H3. The van der Waals surface area contributed by atoms with Crippen LogP contribution in [0.5, 0.6) is 0 Å². The lowest BCUT2D eigenvalue weighted by atomic mass is 9.73. The van der Waals surface area contributed by atoms with Gasteiger partial charge in [-0.2, -0.15) is 0 Å². The lowest BCUT2D eigenvalue weighted by Crippen LogP contribution is -2.48. The summed E-state index contributed by atoms with van der Waals surface area (Å²) in [6, 6.07) is 15.0. The summed E-state index contributed by atoms with van der Waals surface area (Å²) < 4.78 is 13.7. The molecule has 4 heteroatoms. The highest BCUT2D eigenvalue weighted by Crippen LogP contribution is 2.35. The summed E-state index contributed by atoms with van der Waals surface area (Å²) in [4.78, 5) is 14.6. The summed E-state index contributed by atoms with van der Waals surface area (Å²) in [5.74, 6) is -0.427. The van der Waals surface area contributed by atoms with Crippen LogP contribution in [0.2, 0.25) is 0 Å². The smallest absolute Gasteiger partial charge is 0.254 e. The lowest BCUT2D eigenvalue weighted by molar-refractivity contribution is 0.0668. The molecular weight excluding hydrogens is 303 g/mol. The van der Waals surface area contributed by atoms with Gasteiger partial charge in [-0.15, -0.1) is 0 Å². The normalized spacial score (nSPS) is 16.9. The Bertz CT molecular complexity index is 722. The van der Waals surface area contributed by atoms with Crippen molar-refractivity contribution in [3.05, 3.63) is 71.0 Å². The van der Waals surface area contributed by atoms with Crippen molar-refractivity contribution in [3.63, 3.8) is 0 Å². The van der Waals surface area contributed by atoms with Gasteiger partial charge in [0, 0.05) is 30.6 Å². The number of benzene rings is 2. The first-order chi connectivity index (χ1) is 11.6. The molecule has 0 radical (unpaired) electrons. The molecule has 0 bridgehead atoms. The summed E-state index contributed by atoms with van der Waals surface area (Å²) in [5, 5.41) is 0. The molecule has 2 aromatic carbocycles. The van der Waals surface area contributed by atoms with Crippen molar-refractivity contribution in [2.75, 3.05) is 19.6 Å². The van der Waals surface area contributed by atoms with E-state index < -0.39 is 0 Å². The molecule has 24 heavy (non-hydrogen) atoms. The minimum absolute atomic E-state index is 0.0744. The SMILES string of the molecule is Cc1c(F)cccc1C(=O)N1CCC(CN)(c2ccccc2)CC1. The van der Waals surface area contributed by atoms with E-state index in [1.54, 1.807) is 19.1 Å². The number of rotatable bonds is 3. The van der Waals surface area contributed by atoms with E-state index in [4.69, 9.17) is 5.73 Å². The van der Waals surface area contributed by atoms with Crippen LogP contribution in [0.1, 0.15) is 34.3 Å². The van der Waals surface area contributed by atoms with E-state index in [0.717, 1.165) is 12.8 Å². The highest BCUT2D eigenvalue weighted by atomic mass is 19.1. The van der Waals surface area contributed by atoms with Crippen LogP contribution in [0.25, 0.3) is 0 Å². The first kappa shape index (κ1) is 16.7. The number of likely N-dealkylation sites (tertiary alicyclic amines) is 1. The fourth-order valence-corrected chi connectivity index (χ4v) is 3.55. The third-order valence-corrected chi connectivity index (χ3v) is 5.28. The fraction of sp³-hybridized carbons (Fsp3) is 0.350. The Labute approximate surface area is 142 Å². The molecule has 1 fully saturated rings. The molecule has 126 valence electrons. The molecule has 2 aromatic rings. The largest absolute Gasteiger partial charge is 0.339 e. The maximum atomic E-state index is 13.7. The maximum Gasteiger partial charge on any atom is 0.254 e. The second-order valence-corrected chi connectivity index (χ2v) is 6.56. The van der Waals surface area contributed by atoms with Gasteiger partial charge in [-0.3, -0.25) is 4.79 Å². The van der Waals surface area contributed by atoms with Crippen LogP contribution in [0.15, 0.2) is 48.5 Å². The molecule has 0 aromatic heterocycles. The predicted octanol–water partition coefficient (Wildman–Crippen LogP) is 3.27. The van der Waals surface area contributed by atoms with Gasteiger partial charge in [-0.1, -0.05) is 36.4 Å². The third-order valence-electron chi connectivity index (χ3n) is 5.28. The average Bonchev–Trinajstić information content (AvgIpc) is 2.64. The van der Waals surface area contributed by atoms with Gasteiger partial charge in [-0.05, 0) is 43.0 Å². The topological polar surface area (TPSA) is 46.3 Å². The van der Waals surface area contributed by atoms with Crippen LogP contribution >= 0.6 is 0 Å². The Morgan fingerprint density at radius 1 is 1.12 bits per heavy atom. The fourth-order valence-electron chi connectivity index (χ4n) is 3.55. The zero-order valence-corrected chi connectivity index (χ0v) is 14.0. The van der Waals surface area contributed by atoms with Crippen LogP contribution in [-0.4, -0.2) is 30.4 Å².